The molecule has 0 aromatic heterocycles. The Balaban J connectivity index is 2.59. The first kappa shape index (κ1) is 13.6. The van der Waals surface area contributed by atoms with Crippen molar-refractivity contribution in [1.82, 2.24) is 5.32 Å². The number of benzene rings is 1. The number of fused-ring (bicyclic) bond motifs is 1. The molecule has 0 saturated carbocycles. The first-order valence-corrected chi connectivity index (χ1v) is 7.37. The molecule has 1 aromatic rings. The molecule has 2 atom stereocenters. The number of nitrogens with one attached hydrogen (secondary N) is 1. The van der Waals surface area contributed by atoms with Gasteiger partial charge < -0.3 is 14.8 Å². The molecule has 18 heavy (non-hydrogen) atoms. The molecule has 3 nitrogen and oxygen atoms in total. The standard InChI is InChI=1S/C14H21NO2S/c1-9-7-18-8-10-11(16-3)5-6-12(17-4)13(10)14(9)15-2/h5-6,9,14-15H,7-8H2,1-4H3. The third-order valence-corrected chi connectivity index (χ3v) is 4.79. The van der Waals surface area contributed by atoms with E-state index in [1.807, 2.05) is 30.9 Å². The molecule has 0 radical (unpaired) electrons. The van der Waals surface area contributed by atoms with Crippen molar-refractivity contribution in [1.29, 1.82) is 0 Å². The molecule has 0 spiro atoms. The number of hydrogen-bond acceptors (Lipinski definition) is 4. The van der Waals surface area contributed by atoms with E-state index in [0.717, 1.165) is 23.0 Å². The highest BCUT2D eigenvalue weighted by Crippen LogP contribution is 2.43. The van der Waals surface area contributed by atoms with E-state index in [0.29, 0.717) is 12.0 Å². The van der Waals surface area contributed by atoms with Crippen LogP contribution < -0.4 is 14.8 Å². The second-order valence-corrected chi connectivity index (χ2v) is 5.65. The van der Waals surface area contributed by atoms with Gasteiger partial charge in [-0.1, -0.05) is 6.92 Å². The number of hydrogen-bond donors (Lipinski definition) is 1. The lowest BCUT2D eigenvalue weighted by Crippen LogP contribution is -2.25. The maximum absolute atomic E-state index is 5.54. The summed E-state index contributed by atoms with van der Waals surface area (Å²) in [6, 6.07) is 4.33. The monoisotopic (exact) mass is 267 g/mol. The van der Waals surface area contributed by atoms with Crippen molar-refractivity contribution in [3.8, 4) is 11.5 Å². The second kappa shape index (κ2) is 5.85. The molecule has 0 aliphatic carbocycles. The lowest BCUT2D eigenvalue weighted by Gasteiger charge is -2.25. The average Bonchev–Trinajstić information content (AvgIpc) is 2.56. The van der Waals surface area contributed by atoms with Gasteiger partial charge in [-0.2, -0.15) is 11.8 Å². The zero-order valence-electron chi connectivity index (χ0n) is 11.4. The van der Waals surface area contributed by atoms with Gasteiger partial charge in [0.05, 0.1) is 14.2 Å². The number of rotatable bonds is 3. The van der Waals surface area contributed by atoms with Gasteiger partial charge in [-0.3, -0.25) is 0 Å². The molecule has 0 bridgehead atoms. The van der Waals surface area contributed by atoms with Crippen LogP contribution >= 0.6 is 11.8 Å². The zero-order valence-corrected chi connectivity index (χ0v) is 12.3. The van der Waals surface area contributed by atoms with Gasteiger partial charge in [-0.25, -0.2) is 0 Å². The Bertz CT molecular complexity index is 423. The molecule has 1 aliphatic rings. The first-order chi connectivity index (χ1) is 8.72. The smallest absolute Gasteiger partial charge is 0.124 e. The topological polar surface area (TPSA) is 30.5 Å². The maximum Gasteiger partial charge on any atom is 0.124 e. The van der Waals surface area contributed by atoms with E-state index in [-0.39, 0.29) is 0 Å². The van der Waals surface area contributed by atoms with Gasteiger partial charge in [-0.15, -0.1) is 0 Å². The summed E-state index contributed by atoms with van der Waals surface area (Å²) >= 11 is 1.96. The van der Waals surface area contributed by atoms with Gasteiger partial charge in [0.2, 0.25) is 0 Å². The third-order valence-electron chi connectivity index (χ3n) is 3.53. The summed E-state index contributed by atoms with van der Waals surface area (Å²) in [6.07, 6.45) is 0. The predicted molar refractivity (Wildman–Crippen MR) is 76.7 cm³/mol. The molecular formula is C14H21NO2S. The lowest BCUT2D eigenvalue weighted by molar-refractivity contribution is 0.374. The van der Waals surface area contributed by atoms with Gasteiger partial charge in [0.25, 0.3) is 0 Å². The van der Waals surface area contributed by atoms with E-state index in [1.54, 1.807) is 14.2 Å². The van der Waals surface area contributed by atoms with Crippen LogP contribution in [0.5, 0.6) is 11.5 Å². The van der Waals surface area contributed by atoms with Gasteiger partial charge in [0, 0.05) is 22.9 Å². The molecule has 2 rings (SSSR count). The highest BCUT2D eigenvalue weighted by atomic mass is 32.2. The Labute approximate surface area is 113 Å². The highest BCUT2D eigenvalue weighted by Gasteiger charge is 2.28. The maximum atomic E-state index is 5.54. The summed E-state index contributed by atoms with van der Waals surface area (Å²) in [5, 5.41) is 3.43. The fraction of sp³-hybridized carbons (Fsp3) is 0.571. The van der Waals surface area contributed by atoms with Crippen LogP contribution in [0.4, 0.5) is 0 Å². The summed E-state index contributed by atoms with van der Waals surface area (Å²) in [6.45, 7) is 2.28. The quantitative estimate of drug-likeness (QED) is 0.912. The first-order valence-electron chi connectivity index (χ1n) is 6.21. The van der Waals surface area contributed by atoms with Crippen LogP contribution in [0.3, 0.4) is 0 Å². The molecule has 1 aliphatic heterocycles. The minimum absolute atomic E-state index is 0.319. The largest absolute Gasteiger partial charge is 0.496 e. The molecule has 2 unspecified atom stereocenters. The SMILES string of the molecule is CNC1c2c(OC)ccc(OC)c2CSCC1C. The molecule has 1 aromatic carbocycles. The Morgan fingerprint density at radius 1 is 1.22 bits per heavy atom. The van der Waals surface area contributed by atoms with Crippen molar-refractivity contribution >= 4 is 11.8 Å². The van der Waals surface area contributed by atoms with Crippen molar-refractivity contribution < 1.29 is 9.47 Å². The van der Waals surface area contributed by atoms with Gasteiger partial charge in [0.15, 0.2) is 0 Å². The third kappa shape index (κ3) is 2.31. The van der Waals surface area contributed by atoms with E-state index >= 15 is 0 Å². The van der Waals surface area contributed by atoms with Crippen molar-refractivity contribution in [2.75, 3.05) is 27.0 Å². The molecule has 0 amide bonds. The van der Waals surface area contributed by atoms with Crippen LogP contribution in [0.15, 0.2) is 12.1 Å². The Morgan fingerprint density at radius 2 is 1.89 bits per heavy atom. The molecule has 1 heterocycles. The molecule has 100 valence electrons. The van der Waals surface area contributed by atoms with E-state index < -0.39 is 0 Å². The van der Waals surface area contributed by atoms with E-state index in [4.69, 9.17) is 9.47 Å². The van der Waals surface area contributed by atoms with Gasteiger partial charge in [0.1, 0.15) is 11.5 Å². The molecule has 4 heteroatoms. The van der Waals surface area contributed by atoms with Crippen LogP contribution in [0.1, 0.15) is 24.1 Å². The van der Waals surface area contributed by atoms with Crippen LogP contribution in [0.2, 0.25) is 0 Å². The molecular weight excluding hydrogens is 246 g/mol. The van der Waals surface area contributed by atoms with Crippen LogP contribution in [0, 0.1) is 5.92 Å². The molecule has 0 saturated heterocycles. The van der Waals surface area contributed by atoms with E-state index in [2.05, 4.69) is 12.2 Å². The molecule has 1 N–H and O–H groups in total. The second-order valence-electron chi connectivity index (χ2n) is 4.62. The lowest BCUT2D eigenvalue weighted by atomic mass is 9.91. The van der Waals surface area contributed by atoms with Gasteiger partial charge in [-0.05, 0) is 30.9 Å². The van der Waals surface area contributed by atoms with E-state index in [1.165, 1.54) is 11.1 Å². The zero-order chi connectivity index (χ0) is 13.1. The fourth-order valence-corrected chi connectivity index (χ4v) is 3.82. The predicted octanol–water partition coefficient (Wildman–Crippen LogP) is 2.85. The Morgan fingerprint density at radius 3 is 2.50 bits per heavy atom. The minimum atomic E-state index is 0.319. The van der Waals surface area contributed by atoms with Crippen molar-refractivity contribution in [3.63, 3.8) is 0 Å². The fourth-order valence-electron chi connectivity index (χ4n) is 2.64. The van der Waals surface area contributed by atoms with Crippen LogP contribution in [0.25, 0.3) is 0 Å². The number of thioether (sulfide) groups is 1. The summed E-state index contributed by atoms with van der Waals surface area (Å²) < 4.78 is 11.0. The minimum Gasteiger partial charge on any atom is -0.496 e. The van der Waals surface area contributed by atoms with Crippen molar-refractivity contribution in [3.05, 3.63) is 23.3 Å². The van der Waals surface area contributed by atoms with Gasteiger partial charge >= 0.3 is 0 Å². The number of methoxy groups -OCH3 is 2. The normalized spacial score (nSPS) is 23.1. The van der Waals surface area contributed by atoms with Crippen molar-refractivity contribution in [2.45, 2.75) is 18.7 Å². The van der Waals surface area contributed by atoms with Crippen molar-refractivity contribution in [2.24, 2.45) is 5.92 Å². The summed E-state index contributed by atoms with van der Waals surface area (Å²) in [4.78, 5) is 0. The number of ether oxygens (including phenoxy) is 2. The van der Waals surface area contributed by atoms with E-state index in [9.17, 15) is 0 Å². The summed E-state index contributed by atoms with van der Waals surface area (Å²) in [7, 11) is 5.48. The summed E-state index contributed by atoms with van der Waals surface area (Å²) in [5.41, 5.74) is 2.53. The molecule has 0 fully saturated rings. The Hall–Kier alpha value is -0.870. The average molecular weight is 267 g/mol. The summed E-state index contributed by atoms with van der Waals surface area (Å²) in [5.74, 6) is 4.62. The van der Waals surface area contributed by atoms with Crippen LogP contribution in [-0.4, -0.2) is 27.0 Å². The highest BCUT2D eigenvalue weighted by molar-refractivity contribution is 7.98. The van der Waals surface area contributed by atoms with Crippen LogP contribution in [-0.2, 0) is 5.75 Å². The Kier molecular flexibility index (Phi) is 4.40.